The van der Waals surface area contributed by atoms with Gasteiger partial charge in [-0.05, 0) is 29.8 Å². The largest absolute Gasteiger partial charge is 0.448 e. The molecule has 0 unspecified atom stereocenters. The minimum Gasteiger partial charge on any atom is -0.448 e. The van der Waals surface area contributed by atoms with Gasteiger partial charge in [-0.3, -0.25) is 4.72 Å². The quantitative estimate of drug-likeness (QED) is 0.551. The number of sulfonamides is 1. The summed E-state index contributed by atoms with van der Waals surface area (Å²) in [5, 5.41) is 0.624. The first-order valence-corrected chi connectivity index (χ1v) is 11.8. The number of hydrogen-bond donors (Lipinski definition) is 1. The van der Waals surface area contributed by atoms with Gasteiger partial charge in [-0.2, -0.15) is 0 Å². The summed E-state index contributed by atoms with van der Waals surface area (Å²) >= 11 is 4.48. The Labute approximate surface area is 180 Å². The van der Waals surface area contributed by atoms with E-state index in [1.807, 2.05) is 30.3 Å². The number of nitrogens with zero attached hydrogens (tertiary/aromatic N) is 2. The zero-order valence-corrected chi connectivity index (χ0v) is 18.3. The molecule has 2 heterocycles. The Morgan fingerprint density at radius 2 is 2.00 bits per heavy atom. The van der Waals surface area contributed by atoms with Crippen LogP contribution in [-0.4, -0.2) is 37.5 Å². The number of amides is 1. The molecule has 1 aromatic heterocycles. The Kier molecular flexibility index (Phi) is 5.57. The van der Waals surface area contributed by atoms with Crippen LogP contribution in [0.1, 0.15) is 5.56 Å². The maximum absolute atomic E-state index is 12.8. The summed E-state index contributed by atoms with van der Waals surface area (Å²) < 4.78 is 34.1. The van der Waals surface area contributed by atoms with Crippen LogP contribution in [0.2, 0.25) is 0 Å². The van der Waals surface area contributed by atoms with E-state index in [-0.39, 0.29) is 10.3 Å². The number of carbonyl (C=O) groups excluding carboxylic acids is 1. The third kappa shape index (κ3) is 4.60. The number of benzene rings is 2. The molecule has 0 saturated carbocycles. The molecular formula is C19H16BrN3O4S2. The van der Waals surface area contributed by atoms with Gasteiger partial charge in [0, 0.05) is 22.3 Å². The lowest BCUT2D eigenvalue weighted by Crippen LogP contribution is -2.23. The number of halogens is 1. The van der Waals surface area contributed by atoms with E-state index in [1.54, 1.807) is 23.1 Å². The lowest BCUT2D eigenvalue weighted by Gasteiger charge is -2.13. The van der Waals surface area contributed by atoms with Gasteiger partial charge in [0.2, 0.25) is 0 Å². The van der Waals surface area contributed by atoms with Crippen molar-refractivity contribution >= 4 is 49.1 Å². The van der Waals surface area contributed by atoms with Gasteiger partial charge >= 0.3 is 6.09 Å². The van der Waals surface area contributed by atoms with Gasteiger partial charge in [0.1, 0.15) is 11.6 Å². The molecule has 3 aromatic rings. The first-order valence-electron chi connectivity index (χ1n) is 8.66. The maximum Gasteiger partial charge on any atom is 0.410 e. The standard InChI is InChI=1S/C19H16BrN3O4S2/c20-15-6-4-14(5-7-15)18-21-11-17(28-18)29(25,26)22-16-3-1-2-13(10-16)12-23-8-9-27-19(23)24/h1-7,10-11,22H,8-9,12H2. The van der Waals surface area contributed by atoms with E-state index in [9.17, 15) is 13.2 Å². The summed E-state index contributed by atoms with van der Waals surface area (Å²) in [5.74, 6) is 0. The topological polar surface area (TPSA) is 88.6 Å². The van der Waals surface area contributed by atoms with Crippen molar-refractivity contribution in [3.05, 3.63) is 64.8 Å². The smallest absolute Gasteiger partial charge is 0.410 e. The zero-order chi connectivity index (χ0) is 20.4. The molecule has 0 aliphatic carbocycles. The molecule has 0 bridgehead atoms. The lowest BCUT2D eigenvalue weighted by atomic mass is 10.2. The Bertz CT molecular complexity index is 1150. The van der Waals surface area contributed by atoms with Crippen molar-refractivity contribution in [2.75, 3.05) is 17.9 Å². The first kappa shape index (κ1) is 19.9. The SMILES string of the molecule is O=C1OCCN1Cc1cccc(NS(=O)(=O)c2cnc(-c3ccc(Br)cc3)s2)c1. The number of anilines is 1. The third-order valence-electron chi connectivity index (χ3n) is 4.24. The Hall–Kier alpha value is -2.43. The zero-order valence-electron chi connectivity index (χ0n) is 15.0. The van der Waals surface area contributed by atoms with Crippen molar-refractivity contribution in [1.29, 1.82) is 0 Å². The van der Waals surface area contributed by atoms with Gasteiger partial charge in [-0.1, -0.05) is 40.2 Å². The predicted molar refractivity (Wildman–Crippen MR) is 114 cm³/mol. The number of ether oxygens (including phenoxy) is 1. The van der Waals surface area contributed by atoms with E-state index in [2.05, 4.69) is 25.6 Å². The average molecular weight is 494 g/mol. The second-order valence-electron chi connectivity index (χ2n) is 6.33. The highest BCUT2D eigenvalue weighted by Gasteiger charge is 2.22. The molecule has 4 rings (SSSR count). The van der Waals surface area contributed by atoms with Crippen LogP contribution >= 0.6 is 27.3 Å². The van der Waals surface area contributed by atoms with Gasteiger partial charge in [-0.15, -0.1) is 11.3 Å². The Balaban J connectivity index is 1.51. The maximum atomic E-state index is 12.8. The van der Waals surface area contributed by atoms with Crippen molar-refractivity contribution in [2.45, 2.75) is 10.8 Å². The summed E-state index contributed by atoms with van der Waals surface area (Å²) in [7, 11) is -3.77. The highest BCUT2D eigenvalue weighted by atomic mass is 79.9. The molecule has 7 nitrogen and oxygen atoms in total. The third-order valence-corrected chi connectivity index (χ3v) is 7.66. The van der Waals surface area contributed by atoms with Crippen LogP contribution in [0.3, 0.4) is 0 Å². The van der Waals surface area contributed by atoms with Crippen molar-refractivity contribution in [1.82, 2.24) is 9.88 Å². The minimum absolute atomic E-state index is 0.129. The van der Waals surface area contributed by atoms with Crippen LogP contribution < -0.4 is 4.72 Å². The highest BCUT2D eigenvalue weighted by Crippen LogP contribution is 2.30. The molecule has 0 spiro atoms. The molecule has 1 N–H and O–H groups in total. The van der Waals surface area contributed by atoms with Crippen LogP contribution in [0, 0.1) is 0 Å². The van der Waals surface area contributed by atoms with Crippen molar-refractivity contribution < 1.29 is 17.9 Å². The number of hydrogen-bond acceptors (Lipinski definition) is 6. The van der Waals surface area contributed by atoms with Crippen molar-refractivity contribution in [3.8, 4) is 10.6 Å². The fourth-order valence-corrected chi connectivity index (χ4v) is 5.29. The second-order valence-corrected chi connectivity index (χ2v) is 10.2. The van der Waals surface area contributed by atoms with Gasteiger partial charge in [-0.25, -0.2) is 18.2 Å². The molecule has 150 valence electrons. The molecule has 1 aliphatic rings. The fraction of sp³-hybridized carbons (Fsp3) is 0.158. The number of cyclic esters (lactones) is 1. The van der Waals surface area contributed by atoms with Crippen LogP contribution in [0.15, 0.2) is 63.4 Å². The van der Waals surface area contributed by atoms with Crippen molar-refractivity contribution in [2.24, 2.45) is 0 Å². The van der Waals surface area contributed by atoms with Crippen LogP contribution in [0.4, 0.5) is 10.5 Å². The van der Waals surface area contributed by atoms with Crippen LogP contribution in [0.25, 0.3) is 10.6 Å². The van der Waals surface area contributed by atoms with E-state index in [0.29, 0.717) is 30.4 Å². The summed E-state index contributed by atoms with van der Waals surface area (Å²) in [6.07, 6.45) is 0.996. The van der Waals surface area contributed by atoms with Gasteiger partial charge in [0.25, 0.3) is 10.0 Å². The lowest BCUT2D eigenvalue weighted by molar-refractivity contribution is 0.157. The normalized spacial score (nSPS) is 14.1. The molecule has 1 fully saturated rings. The van der Waals surface area contributed by atoms with Crippen LogP contribution in [0.5, 0.6) is 0 Å². The molecule has 1 amide bonds. The van der Waals surface area contributed by atoms with Crippen LogP contribution in [-0.2, 0) is 21.3 Å². The number of carbonyl (C=O) groups is 1. The molecule has 10 heteroatoms. The van der Waals surface area contributed by atoms with E-state index in [4.69, 9.17) is 4.74 Å². The fourth-order valence-electron chi connectivity index (χ4n) is 2.84. The summed E-state index contributed by atoms with van der Waals surface area (Å²) in [5.41, 5.74) is 2.08. The molecule has 1 aliphatic heterocycles. The molecule has 0 radical (unpaired) electrons. The Morgan fingerprint density at radius 3 is 2.72 bits per heavy atom. The van der Waals surface area contributed by atoms with E-state index < -0.39 is 10.0 Å². The highest BCUT2D eigenvalue weighted by molar-refractivity contribution is 9.10. The predicted octanol–water partition coefficient (Wildman–Crippen LogP) is 4.33. The number of rotatable bonds is 6. The number of thiazole rings is 1. The van der Waals surface area contributed by atoms with E-state index in [1.165, 1.54) is 6.20 Å². The molecule has 1 saturated heterocycles. The minimum atomic E-state index is -3.77. The molecule has 2 aromatic carbocycles. The first-order chi connectivity index (χ1) is 13.9. The summed E-state index contributed by atoms with van der Waals surface area (Å²) in [4.78, 5) is 17.4. The van der Waals surface area contributed by atoms with E-state index in [0.717, 1.165) is 26.9 Å². The number of aromatic nitrogens is 1. The average Bonchev–Trinajstić information content (AvgIpc) is 3.33. The van der Waals surface area contributed by atoms with Crippen molar-refractivity contribution in [3.63, 3.8) is 0 Å². The van der Waals surface area contributed by atoms with E-state index >= 15 is 0 Å². The summed E-state index contributed by atoms with van der Waals surface area (Å²) in [6, 6.07) is 14.5. The second kappa shape index (κ2) is 8.13. The van der Waals surface area contributed by atoms with Gasteiger partial charge in [0.05, 0.1) is 12.7 Å². The van der Waals surface area contributed by atoms with Gasteiger partial charge in [0.15, 0.2) is 4.21 Å². The number of nitrogens with one attached hydrogen (secondary N) is 1. The van der Waals surface area contributed by atoms with Gasteiger partial charge < -0.3 is 9.64 Å². The molecular weight excluding hydrogens is 478 g/mol. The summed E-state index contributed by atoms with van der Waals surface area (Å²) in [6.45, 7) is 1.26. The molecule has 0 atom stereocenters. The Morgan fingerprint density at radius 1 is 1.21 bits per heavy atom. The monoisotopic (exact) mass is 493 g/mol. The molecule has 29 heavy (non-hydrogen) atoms.